The Kier molecular flexibility index (Phi) is 5.16. The van der Waals surface area contributed by atoms with Crippen molar-refractivity contribution in [2.75, 3.05) is 0 Å². The molecule has 0 N–H and O–H groups in total. The molecule has 2 atom stereocenters. The van der Waals surface area contributed by atoms with Crippen molar-refractivity contribution in [3.63, 3.8) is 0 Å². The number of rotatable bonds is 3. The Hall–Kier alpha value is -0.390. The summed E-state index contributed by atoms with van der Waals surface area (Å²) >= 11 is 1.85. The molecule has 0 aliphatic rings. The second-order valence-electron chi connectivity index (χ2n) is 4.57. The molecule has 0 aliphatic carbocycles. The zero-order valence-corrected chi connectivity index (χ0v) is 12.4. The molecule has 0 amide bonds. The summed E-state index contributed by atoms with van der Waals surface area (Å²) in [5.41, 5.74) is 0.494. The quantitative estimate of drug-likeness (QED) is 0.612. The Morgan fingerprint density at radius 1 is 1.47 bits per heavy atom. The van der Waals surface area contributed by atoms with E-state index in [1.165, 1.54) is 0 Å². The summed E-state index contributed by atoms with van der Waals surface area (Å²) in [5.74, 6) is 0. The van der Waals surface area contributed by atoms with Gasteiger partial charge in [0.1, 0.15) is 16.1 Å². The monoisotopic (exact) mass is 319 g/mol. The van der Waals surface area contributed by atoms with Crippen molar-refractivity contribution in [3.8, 4) is 0 Å². The smallest absolute Gasteiger partial charge is 0.165 e. The van der Waals surface area contributed by atoms with Gasteiger partial charge in [-0.25, -0.2) is 4.39 Å². The lowest BCUT2D eigenvalue weighted by molar-refractivity contribution is 0.446. The summed E-state index contributed by atoms with van der Waals surface area (Å²) in [5, 5.41) is 0. The van der Waals surface area contributed by atoms with Crippen LogP contribution in [0.25, 0.3) is 0 Å². The standard InChI is InChI=1S/C12H15BrFNOS/c1-12(2,3)17(16)15-8-11(14)9-5-4-6-10(13)7-9/h4-8,11H,1-3H3/t11-,17?/m0/s1. The van der Waals surface area contributed by atoms with Gasteiger partial charge in [-0.2, -0.15) is 0 Å². The van der Waals surface area contributed by atoms with Crippen LogP contribution in [0.4, 0.5) is 4.39 Å². The van der Waals surface area contributed by atoms with Crippen molar-refractivity contribution in [2.45, 2.75) is 31.7 Å². The largest absolute Gasteiger partial charge is 0.591 e. The summed E-state index contributed by atoms with van der Waals surface area (Å²) in [6.45, 7) is 5.40. The first-order valence-corrected chi connectivity index (χ1v) is 7.06. The third-order valence-electron chi connectivity index (χ3n) is 1.98. The molecule has 0 saturated carbocycles. The number of halogens is 2. The summed E-state index contributed by atoms with van der Waals surface area (Å²) < 4.78 is 29.5. The predicted octanol–water partition coefficient (Wildman–Crippen LogP) is 3.99. The topological polar surface area (TPSA) is 35.4 Å². The van der Waals surface area contributed by atoms with Crippen LogP contribution in [0.5, 0.6) is 0 Å². The molecule has 0 radical (unpaired) electrons. The molecule has 1 rings (SSSR count). The third kappa shape index (κ3) is 4.77. The fraction of sp³-hybridized carbons (Fsp3) is 0.417. The van der Waals surface area contributed by atoms with Crippen molar-refractivity contribution in [3.05, 3.63) is 34.3 Å². The fourth-order valence-electron chi connectivity index (χ4n) is 1.03. The minimum absolute atomic E-state index is 0.465. The minimum Gasteiger partial charge on any atom is -0.591 e. The lowest BCUT2D eigenvalue weighted by Crippen LogP contribution is -2.26. The molecule has 0 fully saturated rings. The number of hydrogen-bond acceptors (Lipinski definition) is 2. The fourth-order valence-corrected chi connectivity index (χ4v) is 1.98. The maximum absolute atomic E-state index is 13.8. The van der Waals surface area contributed by atoms with Gasteiger partial charge in [-0.05, 0) is 38.5 Å². The zero-order valence-electron chi connectivity index (χ0n) is 9.98. The van der Waals surface area contributed by atoms with Crippen LogP contribution in [0, 0.1) is 0 Å². The SMILES string of the molecule is CC(C)(C)[S+]([O-])N=C[C@H](F)c1cccc(Br)c1. The molecule has 0 aliphatic heterocycles. The first kappa shape index (κ1) is 14.7. The van der Waals surface area contributed by atoms with Gasteiger partial charge in [0.15, 0.2) is 6.17 Å². The molecule has 0 bridgehead atoms. The first-order chi connectivity index (χ1) is 7.80. The summed E-state index contributed by atoms with van der Waals surface area (Å²) in [6.07, 6.45) is -0.234. The molecular weight excluding hydrogens is 305 g/mol. The van der Waals surface area contributed by atoms with Crippen molar-refractivity contribution in [1.29, 1.82) is 0 Å². The van der Waals surface area contributed by atoms with Gasteiger partial charge in [-0.1, -0.05) is 32.5 Å². The Morgan fingerprint density at radius 2 is 2.12 bits per heavy atom. The average molecular weight is 320 g/mol. The van der Waals surface area contributed by atoms with E-state index in [0.717, 1.165) is 10.7 Å². The van der Waals surface area contributed by atoms with Gasteiger partial charge in [-0.15, -0.1) is 0 Å². The van der Waals surface area contributed by atoms with Gasteiger partial charge in [0.2, 0.25) is 0 Å². The van der Waals surface area contributed by atoms with Crippen LogP contribution < -0.4 is 0 Å². The van der Waals surface area contributed by atoms with Crippen LogP contribution in [0.3, 0.4) is 0 Å². The lowest BCUT2D eigenvalue weighted by atomic mass is 10.1. The number of nitrogens with zero attached hydrogens (tertiary/aromatic N) is 1. The molecular formula is C12H15BrFNOS. The molecule has 1 aromatic carbocycles. The maximum Gasteiger partial charge on any atom is 0.165 e. The van der Waals surface area contributed by atoms with Gasteiger partial charge in [0, 0.05) is 4.47 Å². The predicted molar refractivity (Wildman–Crippen MR) is 74.4 cm³/mol. The normalized spacial score (nSPS) is 16.1. The molecule has 2 nitrogen and oxygen atoms in total. The Labute approximate surface area is 113 Å². The van der Waals surface area contributed by atoms with Crippen LogP contribution in [0.1, 0.15) is 32.5 Å². The second-order valence-corrected chi connectivity index (χ2v) is 7.42. The molecule has 0 aromatic heterocycles. The summed E-state index contributed by atoms with van der Waals surface area (Å²) in [6, 6.07) is 6.92. The first-order valence-electron chi connectivity index (χ1n) is 5.16. The van der Waals surface area contributed by atoms with Gasteiger partial charge in [0.25, 0.3) is 0 Å². The maximum atomic E-state index is 13.8. The Morgan fingerprint density at radius 3 is 2.65 bits per heavy atom. The highest BCUT2D eigenvalue weighted by Crippen LogP contribution is 2.22. The Bertz CT molecular complexity index is 406. The lowest BCUT2D eigenvalue weighted by Gasteiger charge is -2.18. The van der Waals surface area contributed by atoms with Crippen molar-refractivity contribution in [1.82, 2.24) is 0 Å². The van der Waals surface area contributed by atoms with Crippen LogP contribution in [-0.2, 0) is 11.4 Å². The number of hydrogen-bond donors (Lipinski definition) is 0. The van der Waals surface area contributed by atoms with E-state index in [0.29, 0.717) is 5.56 Å². The van der Waals surface area contributed by atoms with Crippen molar-refractivity contribution in [2.24, 2.45) is 4.40 Å². The van der Waals surface area contributed by atoms with E-state index in [1.54, 1.807) is 39.0 Å². The van der Waals surface area contributed by atoms with Crippen LogP contribution >= 0.6 is 15.9 Å². The van der Waals surface area contributed by atoms with E-state index in [2.05, 4.69) is 20.3 Å². The summed E-state index contributed by atoms with van der Waals surface area (Å²) in [7, 11) is 0. The Balaban J connectivity index is 2.73. The molecule has 0 spiro atoms. The number of benzene rings is 1. The van der Waals surface area contributed by atoms with E-state index >= 15 is 0 Å². The molecule has 1 unspecified atom stereocenters. The van der Waals surface area contributed by atoms with Gasteiger partial charge in [-0.3, -0.25) is 0 Å². The van der Waals surface area contributed by atoms with Crippen LogP contribution in [0.2, 0.25) is 0 Å². The molecule has 0 heterocycles. The van der Waals surface area contributed by atoms with E-state index in [1.807, 2.05) is 6.07 Å². The average Bonchev–Trinajstić information content (AvgIpc) is 2.24. The second kappa shape index (κ2) is 5.98. The van der Waals surface area contributed by atoms with Gasteiger partial charge in [0.05, 0.1) is 6.21 Å². The van der Waals surface area contributed by atoms with Gasteiger partial charge < -0.3 is 4.55 Å². The molecule has 0 saturated heterocycles. The zero-order chi connectivity index (χ0) is 13.1. The van der Waals surface area contributed by atoms with Gasteiger partial charge >= 0.3 is 0 Å². The molecule has 1 aromatic rings. The highest BCUT2D eigenvalue weighted by atomic mass is 79.9. The molecule has 5 heteroatoms. The molecule has 17 heavy (non-hydrogen) atoms. The van der Waals surface area contributed by atoms with Crippen LogP contribution in [-0.4, -0.2) is 15.5 Å². The van der Waals surface area contributed by atoms with E-state index in [4.69, 9.17) is 0 Å². The van der Waals surface area contributed by atoms with E-state index in [-0.39, 0.29) is 0 Å². The summed E-state index contributed by atoms with van der Waals surface area (Å²) in [4.78, 5) is 0. The minimum atomic E-state index is -1.42. The van der Waals surface area contributed by atoms with Crippen molar-refractivity contribution >= 4 is 33.5 Å². The van der Waals surface area contributed by atoms with Crippen molar-refractivity contribution < 1.29 is 8.94 Å². The highest BCUT2D eigenvalue weighted by Gasteiger charge is 2.26. The number of alkyl halides is 1. The third-order valence-corrected chi connectivity index (χ3v) is 3.83. The van der Waals surface area contributed by atoms with Crippen LogP contribution in [0.15, 0.2) is 33.1 Å². The van der Waals surface area contributed by atoms with E-state index < -0.39 is 22.3 Å². The van der Waals surface area contributed by atoms with E-state index in [9.17, 15) is 8.94 Å². The highest BCUT2D eigenvalue weighted by molar-refractivity contribution is 9.10. The molecule has 94 valence electrons.